The molecule has 0 atom stereocenters. The Morgan fingerprint density at radius 2 is 0.846 bits per heavy atom. The molecular formula is C35H35O4. The van der Waals surface area contributed by atoms with Crippen molar-refractivity contribution < 1.29 is 20.4 Å². The molecule has 4 heteroatoms. The Morgan fingerprint density at radius 1 is 0.564 bits per heavy atom. The standard InChI is InChI=1S/C35H35O4/c1-4-7-24-33(34(5-2,25-16-8-12-20-29(25)36)26-17-9-13-21-30(26)37)35(6-3,27-18-10-14-22-31(27)38)28-19-11-15-23-32(28)39/h5-6,8-23,36-39H,2-4,7,24H2,1H3. The molecule has 4 N–H and O–H groups in total. The molecule has 0 aliphatic heterocycles. The van der Waals surface area contributed by atoms with Crippen LogP contribution in [-0.4, -0.2) is 20.4 Å². The molecule has 0 saturated carbocycles. The van der Waals surface area contributed by atoms with E-state index in [9.17, 15) is 20.4 Å². The Kier molecular flexibility index (Phi) is 8.15. The molecule has 0 aromatic heterocycles. The van der Waals surface area contributed by atoms with Crippen LogP contribution in [0.4, 0.5) is 0 Å². The van der Waals surface area contributed by atoms with Crippen molar-refractivity contribution in [1.82, 2.24) is 0 Å². The normalized spacial score (nSPS) is 11.8. The first-order valence-corrected chi connectivity index (χ1v) is 13.2. The number of para-hydroxylation sites is 4. The Balaban J connectivity index is 2.26. The summed E-state index contributed by atoms with van der Waals surface area (Å²) in [5, 5.41) is 45.3. The van der Waals surface area contributed by atoms with Gasteiger partial charge in [-0.25, -0.2) is 0 Å². The van der Waals surface area contributed by atoms with Gasteiger partial charge in [0.2, 0.25) is 0 Å². The van der Waals surface area contributed by atoms with E-state index in [2.05, 4.69) is 20.1 Å². The van der Waals surface area contributed by atoms with Gasteiger partial charge in [-0.15, -0.1) is 13.2 Å². The van der Waals surface area contributed by atoms with E-state index in [0.717, 1.165) is 18.8 Å². The second-order valence-electron chi connectivity index (χ2n) is 9.67. The van der Waals surface area contributed by atoms with Crippen molar-refractivity contribution in [1.29, 1.82) is 0 Å². The van der Waals surface area contributed by atoms with Gasteiger partial charge < -0.3 is 20.4 Å². The fourth-order valence-electron chi connectivity index (χ4n) is 5.91. The smallest absolute Gasteiger partial charge is 0.120 e. The molecule has 0 fully saturated rings. The van der Waals surface area contributed by atoms with Crippen LogP contribution in [0.3, 0.4) is 0 Å². The number of phenolic OH excluding ortho intramolecular Hbond substituents is 4. The quantitative estimate of drug-likeness (QED) is 0.152. The maximum absolute atomic E-state index is 11.3. The van der Waals surface area contributed by atoms with Gasteiger partial charge in [-0.05, 0) is 30.7 Å². The van der Waals surface area contributed by atoms with Crippen molar-refractivity contribution in [3.8, 4) is 23.0 Å². The third-order valence-corrected chi connectivity index (χ3v) is 7.66. The summed E-state index contributed by atoms with van der Waals surface area (Å²) in [6, 6.07) is 28.0. The number of hydrogen-bond acceptors (Lipinski definition) is 4. The molecule has 0 aliphatic carbocycles. The van der Waals surface area contributed by atoms with Gasteiger partial charge in [0, 0.05) is 28.2 Å². The van der Waals surface area contributed by atoms with Gasteiger partial charge in [0.25, 0.3) is 0 Å². The molecule has 0 unspecified atom stereocenters. The molecule has 0 aliphatic rings. The molecule has 0 spiro atoms. The molecule has 0 saturated heterocycles. The van der Waals surface area contributed by atoms with E-state index in [-0.39, 0.29) is 23.0 Å². The lowest BCUT2D eigenvalue weighted by Crippen LogP contribution is -2.46. The molecular weight excluding hydrogens is 484 g/mol. The van der Waals surface area contributed by atoms with Gasteiger partial charge in [0.15, 0.2) is 0 Å². The molecule has 39 heavy (non-hydrogen) atoms. The number of phenols is 4. The highest BCUT2D eigenvalue weighted by Crippen LogP contribution is 2.60. The molecule has 4 rings (SSSR count). The van der Waals surface area contributed by atoms with E-state index < -0.39 is 10.8 Å². The van der Waals surface area contributed by atoms with Crippen LogP contribution in [0.15, 0.2) is 122 Å². The van der Waals surface area contributed by atoms with E-state index in [1.54, 1.807) is 60.7 Å². The molecule has 4 aromatic rings. The second kappa shape index (κ2) is 11.5. The number of rotatable bonds is 11. The maximum Gasteiger partial charge on any atom is 0.120 e. The van der Waals surface area contributed by atoms with Crippen LogP contribution in [0.2, 0.25) is 0 Å². The molecule has 1 radical (unpaired) electrons. The number of unbranched alkanes of at least 4 members (excludes halogenated alkanes) is 1. The van der Waals surface area contributed by atoms with Crippen LogP contribution < -0.4 is 0 Å². The third kappa shape index (κ3) is 4.57. The number of allylic oxidation sites excluding steroid dienone is 2. The zero-order valence-electron chi connectivity index (χ0n) is 22.2. The molecule has 199 valence electrons. The zero-order valence-corrected chi connectivity index (χ0v) is 22.2. The van der Waals surface area contributed by atoms with E-state index >= 15 is 0 Å². The van der Waals surface area contributed by atoms with Crippen LogP contribution in [0.25, 0.3) is 0 Å². The van der Waals surface area contributed by atoms with Gasteiger partial charge in [-0.3, -0.25) is 0 Å². The molecule has 0 amide bonds. The predicted octanol–water partition coefficient (Wildman–Crippen LogP) is 7.92. The summed E-state index contributed by atoms with van der Waals surface area (Å²) in [6.45, 7) is 10.6. The summed E-state index contributed by atoms with van der Waals surface area (Å²) in [4.78, 5) is 0. The fourth-order valence-corrected chi connectivity index (χ4v) is 5.91. The van der Waals surface area contributed by atoms with Crippen molar-refractivity contribution in [3.63, 3.8) is 0 Å². The number of benzene rings is 4. The molecule has 0 heterocycles. The van der Waals surface area contributed by atoms with E-state index in [1.807, 2.05) is 48.5 Å². The minimum atomic E-state index is -1.26. The summed E-state index contributed by atoms with van der Waals surface area (Å²) in [5.41, 5.74) is -0.446. The molecule has 4 nitrogen and oxygen atoms in total. The summed E-state index contributed by atoms with van der Waals surface area (Å²) in [6.07, 6.45) is 5.58. The Hall–Kier alpha value is -4.44. The Bertz CT molecular complexity index is 1260. The average molecular weight is 520 g/mol. The SMILES string of the molecule is C=CC([C](CCCC)C(C=C)(c1ccccc1O)c1ccccc1O)(c1ccccc1O)c1ccccc1O. The highest BCUT2D eigenvalue weighted by Gasteiger charge is 2.55. The maximum atomic E-state index is 11.3. The lowest BCUT2D eigenvalue weighted by Gasteiger charge is -2.50. The molecule has 4 aromatic carbocycles. The van der Waals surface area contributed by atoms with Gasteiger partial charge in [0.05, 0.1) is 10.8 Å². The van der Waals surface area contributed by atoms with Crippen molar-refractivity contribution >= 4 is 0 Å². The van der Waals surface area contributed by atoms with Gasteiger partial charge in [0.1, 0.15) is 23.0 Å². The largest absolute Gasteiger partial charge is 0.508 e. The first-order chi connectivity index (χ1) is 18.9. The lowest BCUT2D eigenvalue weighted by atomic mass is 9.51. The zero-order chi connectivity index (χ0) is 28.0. The molecule has 0 bridgehead atoms. The van der Waals surface area contributed by atoms with Crippen molar-refractivity contribution in [2.45, 2.75) is 37.0 Å². The van der Waals surface area contributed by atoms with Crippen LogP contribution in [0.1, 0.15) is 48.4 Å². The summed E-state index contributed by atoms with van der Waals surface area (Å²) < 4.78 is 0. The topological polar surface area (TPSA) is 80.9 Å². The number of hydrogen-bond donors (Lipinski definition) is 4. The Morgan fingerprint density at radius 3 is 1.08 bits per heavy atom. The minimum Gasteiger partial charge on any atom is -0.508 e. The third-order valence-electron chi connectivity index (χ3n) is 7.66. The van der Waals surface area contributed by atoms with Gasteiger partial charge in [-0.2, -0.15) is 0 Å². The monoisotopic (exact) mass is 519 g/mol. The summed E-state index contributed by atoms with van der Waals surface area (Å²) in [7, 11) is 0. The Labute approximate surface area is 230 Å². The van der Waals surface area contributed by atoms with Gasteiger partial charge >= 0.3 is 0 Å². The predicted molar refractivity (Wildman–Crippen MR) is 157 cm³/mol. The first-order valence-electron chi connectivity index (χ1n) is 13.2. The summed E-state index contributed by atoms with van der Waals surface area (Å²) >= 11 is 0. The van der Waals surface area contributed by atoms with Gasteiger partial charge in [-0.1, -0.05) is 105 Å². The lowest BCUT2D eigenvalue weighted by molar-refractivity contribution is 0.389. The highest BCUT2D eigenvalue weighted by atomic mass is 16.3. The summed E-state index contributed by atoms with van der Waals surface area (Å²) in [5.74, 6) is 0.890. The second-order valence-corrected chi connectivity index (χ2v) is 9.67. The van der Waals surface area contributed by atoms with Crippen LogP contribution >= 0.6 is 0 Å². The fraction of sp³-hybridized carbons (Fsp3) is 0.171. The average Bonchev–Trinajstić information content (AvgIpc) is 2.95. The highest BCUT2D eigenvalue weighted by molar-refractivity contribution is 5.68. The minimum absolute atomic E-state index is 0.0298. The van der Waals surface area contributed by atoms with E-state index in [4.69, 9.17) is 0 Å². The van der Waals surface area contributed by atoms with Crippen LogP contribution in [-0.2, 0) is 10.8 Å². The van der Waals surface area contributed by atoms with Crippen molar-refractivity contribution in [2.75, 3.05) is 0 Å². The van der Waals surface area contributed by atoms with E-state index in [1.165, 1.54) is 0 Å². The van der Waals surface area contributed by atoms with E-state index in [0.29, 0.717) is 28.7 Å². The number of aromatic hydroxyl groups is 4. The van der Waals surface area contributed by atoms with Crippen molar-refractivity contribution in [3.05, 3.63) is 151 Å². The van der Waals surface area contributed by atoms with Crippen molar-refractivity contribution in [2.24, 2.45) is 0 Å². The van der Waals surface area contributed by atoms with Crippen LogP contribution in [0, 0.1) is 5.92 Å². The van der Waals surface area contributed by atoms with Crippen LogP contribution in [0.5, 0.6) is 23.0 Å². The first kappa shape index (κ1) is 27.6.